The highest BCUT2D eigenvalue weighted by atomic mass is 14.7. The van der Waals surface area contributed by atoms with E-state index in [1.165, 1.54) is 54.6 Å². The number of hydrogen-bond donors (Lipinski definition) is 1. The third-order valence-corrected chi connectivity index (χ3v) is 3.58. The maximum atomic E-state index is 3.65. The molecule has 102 valence electrons. The summed E-state index contributed by atoms with van der Waals surface area (Å²) in [6.07, 6.45) is 7.18. The van der Waals surface area contributed by atoms with Gasteiger partial charge in [0, 0.05) is 17.8 Å². The van der Waals surface area contributed by atoms with Crippen LogP contribution in [0.2, 0.25) is 0 Å². The summed E-state index contributed by atoms with van der Waals surface area (Å²) in [6, 6.07) is 13.1. The zero-order valence-electron chi connectivity index (χ0n) is 12.2. The Morgan fingerprint density at radius 1 is 0.947 bits per heavy atom. The second-order valence-electron chi connectivity index (χ2n) is 5.31. The minimum atomic E-state index is 1.02. The molecule has 0 fully saturated rings. The Labute approximate surface area is 117 Å². The Morgan fingerprint density at radius 3 is 2.42 bits per heavy atom. The van der Waals surface area contributed by atoms with Crippen LogP contribution in [0.3, 0.4) is 0 Å². The van der Waals surface area contributed by atoms with Gasteiger partial charge in [0.15, 0.2) is 0 Å². The predicted molar refractivity (Wildman–Crippen MR) is 82.6 cm³/mol. The zero-order chi connectivity index (χ0) is 13.5. The molecule has 19 heavy (non-hydrogen) atoms. The van der Waals surface area contributed by atoms with Crippen LogP contribution in [-0.2, 0) is 19.3 Å². The Kier molecular flexibility index (Phi) is 5.26. The largest absolute Gasteiger partial charge is 0.362 e. The van der Waals surface area contributed by atoms with Crippen molar-refractivity contribution >= 4 is 0 Å². The number of rotatable bonds is 7. The first kappa shape index (κ1) is 13.9. The van der Waals surface area contributed by atoms with Gasteiger partial charge in [0.25, 0.3) is 0 Å². The van der Waals surface area contributed by atoms with Gasteiger partial charge in [-0.05, 0) is 36.5 Å². The summed E-state index contributed by atoms with van der Waals surface area (Å²) in [5.41, 5.74) is 5.74. The first-order valence-corrected chi connectivity index (χ1v) is 7.57. The van der Waals surface area contributed by atoms with Crippen LogP contribution in [-0.4, -0.2) is 4.98 Å². The number of benzene rings is 1. The number of hydrogen-bond acceptors (Lipinski definition) is 0. The molecular weight excluding hydrogens is 230 g/mol. The zero-order valence-corrected chi connectivity index (χ0v) is 12.2. The van der Waals surface area contributed by atoms with Gasteiger partial charge in [-0.1, -0.05) is 57.0 Å². The summed E-state index contributed by atoms with van der Waals surface area (Å²) in [4.78, 5) is 3.65. The van der Waals surface area contributed by atoms with E-state index in [1.807, 2.05) is 0 Å². The van der Waals surface area contributed by atoms with Crippen molar-refractivity contribution in [3.63, 3.8) is 0 Å². The van der Waals surface area contributed by atoms with Crippen LogP contribution in [0.15, 0.2) is 36.4 Å². The average molecular weight is 255 g/mol. The summed E-state index contributed by atoms with van der Waals surface area (Å²) in [6.45, 7) is 4.51. The van der Waals surface area contributed by atoms with E-state index in [1.54, 1.807) is 0 Å². The topological polar surface area (TPSA) is 15.8 Å². The minimum absolute atomic E-state index is 1.02. The molecule has 0 atom stereocenters. The standard InChI is InChI=1S/C18H25N/c1-3-5-12-18-16(9-4-2)14-17(19-18)13-15-10-7-6-8-11-15/h6-8,10-11,14,19H,3-5,9,12-13H2,1-2H3. The van der Waals surface area contributed by atoms with Gasteiger partial charge in [-0.15, -0.1) is 0 Å². The summed E-state index contributed by atoms with van der Waals surface area (Å²) in [5, 5.41) is 0. The maximum absolute atomic E-state index is 3.65. The van der Waals surface area contributed by atoms with Crippen molar-refractivity contribution in [2.24, 2.45) is 0 Å². The molecule has 1 N–H and O–H groups in total. The number of H-pyrrole nitrogens is 1. The third kappa shape index (κ3) is 3.99. The molecule has 0 aliphatic heterocycles. The van der Waals surface area contributed by atoms with Gasteiger partial charge in [-0.2, -0.15) is 0 Å². The van der Waals surface area contributed by atoms with Crippen LogP contribution in [0.4, 0.5) is 0 Å². The molecule has 0 bridgehead atoms. The van der Waals surface area contributed by atoms with Gasteiger partial charge >= 0.3 is 0 Å². The normalized spacial score (nSPS) is 10.8. The van der Waals surface area contributed by atoms with Gasteiger partial charge in [0.2, 0.25) is 0 Å². The molecule has 1 heteroatoms. The maximum Gasteiger partial charge on any atom is 0.0196 e. The lowest BCUT2D eigenvalue weighted by molar-refractivity contribution is 0.765. The smallest absolute Gasteiger partial charge is 0.0196 e. The highest BCUT2D eigenvalue weighted by molar-refractivity contribution is 5.30. The molecule has 0 amide bonds. The van der Waals surface area contributed by atoms with E-state index in [2.05, 4.69) is 55.2 Å². The van der Waals surface area contributed by atoms with Crippen molar-refractivity contribution in [2.75, 3.05) is 0 Å². The average Bonchev–Trinajstić information content (AvgIpc) is 2.80. The lowest BCUT2D eigenvalue weighted by Crippen LogP contribution is -1.92. The van der Waals surface area contributed by atoms with E-state index in [-0.39, 0.29) is 0 Å². The van der Waals surface area contributed by atoms with Crippen molar-refractivity contribution < 1.29 is 0 Å². The lowest BCUT2D eigenvalue weighted by Gasteiger charge is -2.01. The van der Waals surface area contributed by atoms with E-state index in [4.69, 9.17) is 0 Å². The molecule has 1 aromatic heterocycles. The Morgan fingerprint density at radius 2 is 1.74 bits per heavy atom. The molecule has 2 aromatic rings. The number of aromatic nitrogens is 1. The van der Waals surface area contributed by atoms with Crippen molar-refractivity contribution in [2.45, 2.75) is 52.4 Å². The Hall–Kier alpha value is -1.50. The fraction of sp³-hybridized carbons (Fsp3) is 0.444. The van der Waals surface area contributed by atoms with E-state index in [0.717, 1.165) is 6.42 Å². The minimum Gasteiger partial charge on any atom is -0.362 e. The van der Waals surface area contributed by atoms with Crippen molar-refractivity contribution in [3.8, 4) is 0 Å². The monoisotopic (exact) mass is 255 g/mol. The van der Waals surface area contributed by atoms with E-state index >= 15 is 0 Å². The molecule has 1 nitrogen and oxygen atoms in total. The quantitative estimate of drug-likeness (QED) is 0.724. The fourth-order valence-electron chi connectivity index (χ4n) is 2.59. The molecule has 0 radical (unpaired) electrons. The molecule has 0 aliphatic rings. The van der Waals surface area contributed by atoms with E-state index in [9.17, 15) is 0 Å². The van der Waals surface area contributed by atoms with Gasteiger partial charge in [0.1, 0.15) is 0 Å². The molecule has 0 spiro atoms. The highest BCUT2D eigenvalue weighted by Crippen LogP contribution is 2.18. The van der Waals surface area contributed by atoms with Crippen LogP contribution in [0, 0.1) is 0 Å². The molecule has 1 aromatic carbocycles. The summed E-state index contributed by atoms with van der Waals surface area (Å²) in [5.74, 6) is 0. The predicted octanol–water partition coefficient (Wildman–Crippen LogP) is 4.90. The van der Waals surface area contributed by atoms with Crippen molar-refractivity contribution in [3.05, 3.63) is 58.9 Å². The Balaban J connectivity index is 2.12. The van der Waals surface area contributed by atoms with Crippen molar-refractivity contribution in [1.29, 1.82) is 0 Å². The molecule has 0 aliphatic carbocycles. The number of aromatic amines is 1. The summed E-state index contributed by atoms with van der Waals surface area (Å²) >= 11 is 0. The van der Waals surface area contributed by atoms with Crippen molar-refractivity contribution in [1.82, 2.24) is 4.98 Å². The van der Waals surface area contributed by atoms with Gasteiger partial charge in [-0.3, -0.25) is 0 Å². The first-order chi connectivity index (χ1) is 9.33. The number of nitrogens with one attached hydrogen (secondary N) is 1. The van der Waals surface area contributed by atoms with E-state index < -0.39 is 0 Å². The van der Waals surface area contributed by atoms with Gasteiger partial charge < -0.3 is 4.98 Å². The fourth-order valence-corrected chi connectivity index (χ4v) is 2.59. The second-order valence-corrected chi connectivity index (χ2v) is 5.31. The van der Waals surface area contributed by atoms with Gasteiger partial charge in [-0.25, -0.2) is 0 Å². The van der Waals surface area contributed by atoms with Crippen LogP contribution in [0.25, 0.3) is 0 Å². The molecule has 1 heterocycles. The summed E-state index contributed by atoms with van der Waals surface area (Å²) < 4.78 is 0. The molecule has 0 saturated heterocycles. The van der Waals surface area contributed by atoms with Crippen LogP contribution < -0.4 is 0 Å². The third-order valence-electron chi connectivity index (χ3n) is 3.58. The highest BCUT2D eigenvalue weighted by Gasteiger charge is 2.07. The van der Waals surface area contributed by atoms with Crippen LogP contribution >= 0.6 is 0 Å². The SMILES string of the molecule is CCCCc1[nH]c(Cc2ccccc2)cc1CCC. The second kappa shape index (κ2) is 7.18. The molecule has 2 rings (SSSR count). The van der Waals surface area contributed by atoms with Crippen LogP contribution in [0.1, 0.15) is 55.6 Å². The number of unbranched alkanes of at least 4 members (excludes halogenated alkanes) is 1. The Bertz CT molecular complexity index is 482. The first-order valence-electron chi connectivity index (χ1n) is 7.57. The number of aryl methyl sites for hydroxylation is 2. The van der Waals surface area contributed by atoms with Crippen LogP contribution in [0.5, 0.6) is 0 Å². The lowest BCUT2D eigenvalue weighted by atomic mass is 10.1. The summed E-state index contributed by atoms with van der Waals surface area (Å²) in [7, 11) is 0. The molecular formula is C18H25N. The van der Waals surface area contributed by atoms with Gasteiger partial charge in [0.05, 0.1) is 0 Å². The van der Waals surface area contributed by atoms with E-state index in [0.29, 0.717) is 0 Å². The molecule has 0 unspecified atom stereocenters. The molecule has 0 saturated carbocycles.